The lowest BCUT2D eigenvalue weighted by Gasteiger charge is -2.26. The molecule has 1 aromatic rings. The maximum Gasteiger partial charge on any atom is 0.225 e. The van der Waals surface area contributed by atoms with Crippen molar-refractivity contribution in [2.75, 3.05) is 45.9 Å². The van der Waals surface area contributed by atoms with Gasteiger partial charge in [0.2, 0.25) is 5.91 Å². The van der Waals surface area contributed by atoms with Crippen LogP contribution in [-0.2, 0) is 22.6 Å². The first-order valence-electron chi connectivity index (χ1n) is 12.4. The number of ether oxygens (including phenoxy) is 1. The molecule has 1 saturated carbocycles. The molecule has 2 N–H and O–H groups in total. The highest BCUT2D eigenvalue weighted by molar-refractivity contribution is 14.0. The number of nitrogens with one attached hydrogen (secondary N) is 2. The summed E-state index contributed by atoms with van der Waals surface area (Å²) >= 11 is 0. The van der Waals surface area contributed by atoms with Crippen LogP contribution in [0.1, 0.15) is 50.2 Å². The zero-order valence-corrected chi connectivity index (χ0v) is 22.3. The van der Waals surface area contributed by atoms with E-state index in [1.54, 1.807) is 0 Å². The van der Waals surface area contributed by atoms with Crippen molar-refractivity contribution in [3.63, 3.8) is 0 Å². The maximum atomic E-state index is 12.7. The van der Waals surface area contributed by atoms with Crippen molar-refractivity contribution in [3.8, 4) is 0 Å². The maximum absolute atomic E-state index is 12.7. The Hall–Kier alpha value is -1.39. The number of carbonyl (C=O) groups excluding carboxylic acids is 1. The highest BCUT2D eigenvalue weighted by Crippen LogP contribution is 2.27. The van der Waals surface area contributed by atoms with Gasteiger partial charge in [-0.2, -0.15) is 0 Å². The molecule has 1 amide bonds. The molecule has 1 aromatic carbocycles. The highest BCUT2D eigenvalue weighted by atomic mass is 127. The summed E-state index contributed by atoms with van der Waals surface area (Å²) in [5, 5.41) is 6.92. The van der Waals surface area contributed by atoms with E-state index in [-0.39, 0.29) is 35.9 Å². The Labute approximate surface area is 215 Å². The highest BCUT2D eigenvalue weighted by Gasteiger charge is 2.32. The number of guanidine groups is 1. The SMILES string of the molecule is CCNC(=NCc1ccc(CN2CCOCC2)cc1)NC1CCN(C(=O)C2CCCC2)C1.I. The van der Waals surface area contributed by atoms with Crippen LogP contribution in [0.4, 0.5) is 0 Å². The van der Waals surface area contributed by atoms with Gasteiger partial charge < -0.3 is 20.3 Å². The predicted octanol–water partition coefficient (Wildman–Crippen LogP) is 2.98. The van der Waals surface area contributed by atoms with Gasteiger partial charge in [-0.15, -0.1) is 24.0 Å². The first kappa shape index (κ1) is 26.2. The van der Waals surface area contributed by atoms with E-state index >= 15 is 0 Å². The molecule has 1 aliphatic carbocycles. The molecule has 3 fully saturated rings. The van der Waals surface area contributed by atoms with E-state index in [1.165, 1.54) is 24.0 Å². The zero-order valence-electron chi connectivity index (χ0n) is 19.9. The normalized spacial score (nSPS) is 22.3. The number of morpholine rings is 1. The molecule has 2 saturated heterocycles. The number of nitrogens with zero attached hydrogens (tertiary/aromatic N) is 3. The monoisotopic (exact) mass is 569 g/mol. The van der Waals surface area contributed by atoms with E-state index in [1.807, 2.05) is 0 Å². The summed E-state index contributed by atoms with van der Waals surface area (Å²) in [7, 11) is 0. The molecule has 4 rings (SSSR count). The second-order valence-corrected chi connectivity index (χ2v) is 9.30. The second-order valence-electron chi connectivity index (χ2n) is 9.30. The number of carbonyl (C=O) groups is 1. The van der Waals surface area contributed by atoms with Crippen LogP contribution in [0.25, 0.3) is 0 Å². The summed E-state index contributed by atoms with van der Waals surface area (Å²) in [6.07, 6.45) is 5.54. The molecule has 3 aliphatic rings. The van der Waals surface area contributed by atoms with Crippen LogP contribution < -0.4 is 10.6 Å². The standard InChI is InChI=1S/C25H39N5O2.HI/c1-2-26-25(28-23-11-12-30(19-23)24(31)22-5-3-4-6-22)27-17-20-7-9-21(10-8-20)18-29-13-15-32-16-14-29;/h7-10,22-23H,2-6,11-19H2,1H3,(H2,26,27,28);1H. The molecule has 33 heavy (non-hydrogen) atoms. The Balaban J connectivity index is 0.00000306. The number of hydrogen-bond acceptors (Lipinski definition) is 4. The lowest BCUT2D eigenvalue weighted by Crippen LogP contribution is -2.45. The molecule has 2 aliphatic heterocycles. The van der Waals surface area contributed by atoms with Crippen LogP contribution in [0.5, 0.6) is 0 Å². The van der Waals surface area contributed by atoms with E-state index in [0.29, 0.717) is 12.5 Å². The zero-order chi connectivity index (χ0) is 22.2. The summed E-state index contributed by atoms with van der Waals surface area (Å²) in [6, 6.07) is 9.06. The van der Waals surface area contributed by atoms with Crippen LogP contribution in [-0.4, -0.2) is 73.6 Å². The largest absolute Gasteiger partial charge is 0.379 e. The molecule has 184 valence electrons. The fraction of sp³-hybridized carbons (Fsp3) is 0.680. The Kier molecular flexibility index (Phi) is 10.7. The fourth-order valence-electron chi connectivity index (χ4n) is 4.96. The topological polar surface area (TPSA) is 69.2 Å². The summed E-state index contributed by atoms with van der Waals surface area (Å²) in [6.45, 7) is 9.86. The van der Waals surface area contributed by atoms with Crippen molar-refractivity contribution in [3.05, 3.63) is 35.4 Å². The number of likely N-dealkylation sites (tertiary alicyclic amines) is 1. The summed E-state index contributed by atoms with van der Waals surface area (Å²) < 4.78 is 5.43. The molecule has 8 heteroatoms. The van der Waals surface area contributed by atoms with Gasteiger partial charge in [-0.1, -0.05) is 37.1 Å². The molecule has 2 heterocycles. The molecule has 1 atom stereocenters. The molecule has 0 aromatic heterocycles. The van der Waals surface area contributed by atoms with Crippen LogP contribution >= 0.6 is 24.0 Å². The Morgan fingerprint density at radius 2 is 1.76 bits per heavy atom. The quantitative estimate of drug-likeness (QED) is 0.300. The number of halogens is 1. The van der Waals surface area contributed by atoms with Gasteiger partial charge in [-0.25, -0.2) is 4.99 Å². The molecule has 1 unspecified atom stereocenters. The van der Waals surface area contributed by atoms with E-state index in [0.717, 1.165) is 77.7 Å². The predicted molar refractivity (Wildman–Crippen MR) is 143 cm³/mol. The third-order valence-electron chi connectivity index (χ3n) is 6.84. The van der Waals surface area contributed by atoms with Gasteiger partial charge in [0.1, 0.15) is 0 Å². The van der Waals surface area contributed by atoms with Gasteiger partial charge in [0.05, 0.1) is 19.8 Å². The molecule has 0 spiro atoms. The smallest absolute Gasteiger partial charge is 0.225 e. The van der Waals surface area contributed by atoms with E-state index in [2.05, 4.69) is 51.6 Å². The minimum Gasteiger partial charge on any atom is -0.379 e. The number of hydrogen-bond donors (Lipinski definition) is 2. The average molecular weight is 570 g/mol. The van der Waals surface area contributed by atoms with E-state index in [9.17, 15) is 4.79 Å². The molecule has 0 radical (unpaired) electrons. The van der Waals surface area contributed by atoms with Crippen molar-refractivity contribution >= 4 is 35.8 Å². The summed E-state index contributed by atoms with van der Waals surface area (Å²) in [5.74, 6) is 1.47. The van der Waals surface area contributed by atoms with Crippen LogP contribution in [0.2, 0.25) is 0 Å². The van der Waals surface area contributed by atoms with Crippen molar-refractivity contribution in [2.24, 2.45) is 10.9 Å². The summed E-state index contributed by atoms with van der Waals surface area (Å²) in [5.41, 5.74) is 2.54. The van der Waals surface area contributed by atoms with E-state index in [4.69, 9.17) is 9.73 Å². The molecule has 0 bridgehead atoms. The Bertz CT molecular complexity index is 761. The number of aliphatic imine (C=N–C) groups is 1. The first-order chi connectivity index (χ1) is 15.7. The molecular weight excluding hydrogens is 529 g/mol. The third kappa shape index (κ3) is 7.82. The summed E-state index contributed by atoms with van der Waals surface area (Å²) in [4.78, 5) is 22.0. The minimum absolute atomic E-state index is 0. The van der Waals surface area contributed by atoms with Crippen LogP contribution in [0.3, 0.4) is 0 Å². The van der Waals surface area contributed by atoms with Gasteiger partial charge in [-0.05, 0) is 37.3 Å². The van der Waals surface area contributed by atoms with Crippen molar-refractivity contribution < 1.29 is 9.53 Å². The van der Waals surface area contributed by atoms with Gasteiger partial charge >= 0.3 is 0 Å². The van der Waals surface area contributed by atoms with Crippen molar-refractivity contribution in [2.45, 2.75) is 58.2 Å². The Morgan fingerprint density at radius 1 is 1.06 bits per heavy atom. The van der Waals surface area contributed by atoms with E-state index < -0.39 is 0 Å². The van der Waals surface area contributed by atoms with Gasteiger partial charge in [0.25, 0.3) is 0 Å². The van der Waals surface area contributed by atoms with Crippen LogP contribution in [0.15, 0.2) is 29.3 Å². The third-order valence-corrected chi connectivity index (χ3v) is 6.84. The number of amides is 1. The average Bonchev–Trinajstić information content (AvgIpc) is 3.52. The fourth-order valence-corrected chi connectivity index (χ4v) is 4.96. The van der Waals surface area contributed by atoms with Gasteiger partial charge in [0.15, 0.2) is 5.96 Å². The van der Waals surface area contributed by atoms with Crippen molar-refractivity contribution in [1.82, 2.24) is 20.4 Å². The van der Waals surface area contributed by atoms with Crippen LogP contribution in [0, 0.1) is 5.92 Å². The van der Waals surface area contributed by atoms with Crippen molar-refractivity contribution in [1.29, 1.82) is 0 Å². The minimum atomic E-state index is 0. The number of benzene rings is 1. The first-order valence-corrected chi connectivity index (χ1v) is 12.4. The Morgan fingerprint density at radius 3 is 2.45 bits per heavy atom. The van der Waals surface area contributed by atoms with Gasteiger partial charge in [-0.3, -0.25) is 9.69 Å². The second kappa shape index (κ2) is 13.5. The lowest BCUT2D eigenvalue weighted by atomic mass is 10.1. The van der Waals surface area contributed by atoms with Gasteiger partial charge in [0, 0.05) is 51.2 Å². The molecule has 7 nitrogen and oxygen atoms in total. The lowest BCUT2D eigenvalue weighted by molar-refractivity contribution is -0.134. The number of rotatable bonds is 7. The molecular formula is C25H40IN5O2.